The predicted octanol–water partition coefficient (Wildman–Crippen LogP) is 5.07. The lowest BCUT2D eigenvalue weighted by Gasteiger charge is -2.20. The number of rotatable bonds is 12. The van der Waals surface area contributed by atoms with Crippen LogP contribution in [-0.4, -0.2) is 44.9 Å². The molecule has 4 heteroatoms. The van der Waals surface area contributed by atoms with Gasteiger partial charge in [0.25, 0.3) is 0 Å². The molecule has 1 heterocycles. The first-order chi connectivity index (χ1) is 15.6. The lowest BCUT2D eigenvalue weighted by Crippen LogP contribution is -2.33. The van der Waals surface area contributed by atoms with E-state index in [9.17, 15) is 0 Å². The number of anilines is 1. The van der Waals surface area contributed by atoms with Crippen molar-refractivity contribution >= 4 is 29.6 Å². The molecule has 166 valence electrons. The van der Waals surface area contributed by atoms with Crippen molar-refractivity contribution in [1.29, 1.82) is 0 Å². The molecule has 3 aromatic rings. The van der Waals surface area contributed by atoms with Gasteiger partial charge in [-0.15, -0.1) is 4.57 Å². The molecule has 0 spiro atoms. The van der Waals surface area contributed by atoms with Gasteiger partial charge in [0, 0.05) is 42.7 Å². The van der Waals surface area contributed by atoms with Crippen molar-refractivity contribution in [3.8, 4) is 0 Å². The van der Waals surface area contributed by atoms with Crippen LogP contribution in [0, 0.1) is 12.3 Å². The molecule has 3 rings (SSSR count). The number of thioether (sulfide) groups is 1. The largest absolute Gasteiger partial charge is 0.375 e. The Morgan fingerprint density at radius 2 is 1.69 bits per heavy atom. The minimum Gasteiger partial charge on any atom is -0.375 e. The molecule has 0 aliphatic rings. The molecule has 0 aliphatic heterocycles. The second kappa shape index (κ2) is 13.0. The second-order valence-electron chi connectivity index (χ2n) is 8.24. The van der Waals surface area contributed by atoms with Crippen LogP contribution < -0.4 is 9.47 Å². The van der Waals surface area contributed by atoms with Crippen molar-refractivity contribution in [1.82, 2.24) is 4.90 Å². The highest BCUT2D eigenvalue weighted by Gasteiger charge is 2.02. The van der Waals surface area contributed by atoms with Crippen molar-refractivity contribution in [3.05, 3.63) is 95.8 Å². The molecule has 3 nitrogen and oxygen atoms in total. The van der Waals surface area contributed by atoms with Crippen molar-refractivity contribution in [2.24, 2.45) is 0 Å². The first-order valence-corrected chi connectivity index (χ1v) is 12.3. The predicted molar refractivity (Wildman–Crippen MR) is 139 cm³/mol. The standard InChI is InChI=1S/C28H34N3S/c1-29(2)18-7-19-30(3)28-14-12-25(13-15-28)10-11-26-16-20-31(21-17-26)22-23-32-24-27-8-5-4-6-9-27/h4-6,8-16,20H,7,18-19,22-24H2,1-3H3/q+1. The van der Waals surface area contributed by atoms with E-state index in [0.717, 1.165) is 43.1 Å². The summed E-state index contributed by atoms with van der Waals surface area (Å²) in [5.74, 6) is 2.12. The fourth-order valence-electron chi connectivity index (χ4n) is 3.32. The zero-order valence-electron chi connectivity index (χ0n) is 19.5. The minimum absolute atomic E-state index is 0.946. The van der Waals surface area contributed by atoms with Crippen LogP contribution in [0.2, 0.25) is 0 Å². The maximum atomic E-state index is 3.26. The van der Waals surface area contributed by atoms with E-state index in [-0.39, 0.29) is 0 Å². The summed E-state index contributed by atoms with van der Waals surface area (Å²) in [5, 5.41) is 0. The van der Waals surface area contributed by atoms with Crippen LogP contribution in [-0.2, 0) is 12.3 Å². The molecule has 0 amide bonds. The number of nitrogens with zero attached hydrogens (tertiary/aromatic N) is 3. The van der Waals surface area contributed by atoms with Gasteiger partial charge in [-0.1, -0.05) is 48.5 Å². The zero-order valence-corrected chi connectivity index (χ0v) is 20.3. The Morgan fingerprint density at radius 1 is 0.906 bits per heavy atom. The van der Waals surface area contributed by atoms with Crippen molar-refractivity contribution < 1.29 is 4.57 Å². The van der Waals surface area contributed by atoms with Gasteiger partial charge in [0.2, 0.25) is 6.20 Å². The Hall–Kier alpha value is -2.74. The highest BCUT2D eigenvalue weighted by molar-refractivity contribution is 7.98. The summed E-state index contributed by atoms with van der Waals surface area (Å²) >= 11 is 1.95. The van der Waals surface area contributed by atoms with Gasteiger partial charge in [0.1, 0.15) is 0 Å². The Morgan fingerprint density at radius 3 is 2.38 bits per heavy atom. The molecule has 32 heavy (non-hydrogen) atoms. The van der Waals surface area contributed by atoms with E-state index in [1.807, 2.05) is 11.8 Å². The Kier molecular flexibility index (Phi) is 9.68. The molecule has 0 saturated heterocycles. The fourth-order valence-corrected chi connectivity index (χ4v) is 4.22. The molecule has 1 aromatic heterocycles. The van der Waals surface area contributed by atoms with Gasteiger partial charge in [0.05, 0.1) is 5.75 Å². The van der Waals surface area contributed by atoms with Gasteiger partial charge in [-0.2, -0.15) is 11.8 Å². The maximum absolute atomic E-state index is 3.26. The van der Waals surface area contributed by atoms with Crippen LogP contribution in [0.3, 0.4) is 0 Å². The molecule has 0 bridgehead atoms. The van der Waals surface area contributed by atoms with Crippen LogP contribution in [0.1, 0.15) is 23.1 Å². The molecule has 0 saturated carbocycles. The number of hydrogen-bond donors (Lipinski definition) is 0. The summed E-state index contributed by atoms with van der Waals surface area (Å²) in [6.45, 7) is 3.12. The smallest absolute Gasteiger partial charge is 0.228 e. The second-order valence-corrected chi connectivity index (χ2v) is 9.35. The van der Waals surface area contributed by atoms with Crippen molar-refractivity contribution in [2.45, 2.75) is 18.7 Å². The van der Waals surface area contributed by atoms with Crippen LogP contribution in [0.4, 0.5) is 5.69 Å². The van der Waals surface area contributed by atoms with Crippen LogP contribution >= 0.6 is 11.8 Å². The van der Waals surface area contributed by atoms with Gasteiger partial charge in [0.15, 0.2) is 12.7 Å². The first-order valence-electron chi connectivity index (χ1n) is 11.2. The van der Waals surface area contributed by atoms with Crippen molar-refractivity contribution in [2.75, 3.05) is 44.9 Å². The van der Waals surface area contributed by atoms with Crippen LogP contribution in [0.5, 0.6) is 0 Å². The van der Waals surface area contributed by atoms with Crippen molar-refractivity contribution in [3.63, 3.8) is 0 Å². The molecule has 0 radical (unpaired) electrons. The monoisotopic (exact) mass is 444 g/mol. The lowest BCUT2D eigenvalue weighted by molar-refractivity contribution is -0.693. The molecule has 0 atom stereocenters. The number of aromatic nitrogens is 1. The minimum atomic E-state index is 0.946. The van der Waals surface area contributed by atoms with E-state index in [0.29, 0.717) is 0 Å². The molecule has 0 aliphatic carbocycles. The van der Waals surface area contributed by atoms with Gasteiger partial charge in [-0.3, -0.25) is 0 Å². The maximum Gasteiger partial charge on any atom is 0.228 e. The van der Waals surface area contributed by atoms with Gasteiger partial charge < -0.3 is 9.80 Å². The molecule has 0 unspecified atom stereocenters. The Balaban J connectivity index is 1.42. The van der Waals surface area contributed by atoms with Gasteiger partial charge in [-0.25, -0.2) is 0 Å². The molecule has 0 N–H and O–H groups in total. The molecular weight excluding hydrogens is 410 g/mol. The van der Waals surface area contributed by atoms with Gasteiger partial charge >= 0.3 is 0 Å². The summed E-state index contributed by atoms with van der Waals surface area (Å²) < 4.78 is 2.08. The first kappa shape index (κ1) is 23.9. The highest BCUT2D eigenvalue weighted by atomic mass is 32.2. The average molecular weight is 445 g/mol. The van der Waals surface area contributed by atoms with Crippen LogP contribution in [0.25, 0.3) is 12.2 Å². The van der Waals surface area contributed by atoms with E-state index in [1.165, 1.54) is 16.8 Å². The topological polar surface area (TPSA) is 10.4 Å². The summed E-state index contributed by atoms with van der Waals surface area (Å²) in [6, 6.07) is 24.7. The number of benzene rings is 2. The normalized spacial score (nSPS) is 11.1. The molecule has 0 fully saturated rings. The third-order valence-corrected chi connectivity index (χ3v) is 6.26. The van der Waals surface area contributed by atoms with E-state index >= 15 is 0 Å². The molecule has 2 aromatic carbocycles. The van der Waals surface area contributed by atoms with Gasteiger partial charge in [-0.05, 0) is 56.4 Å². The molecular formula is C28H34N3S+. The third kappa shape index (κ3) is 8.42. The average Bonchev–Trinajstić information content (AvgIpc) is 2.82. The van der Waals surface area contributed by atoms with E-state index in [2.05, 4.69) is 127 Å². The zero-order chi connectivity index (χ0) is 22.6. The quantitative estimate of drug-likeness (QED) is 0.285. The van der Waals surface area contributed by atoms with E-state index in [4.69, 9.17) is 0 Å². The Labute approximate surface area is 198 Å². The number of aryl methyl sites for hydroxylation is 1. The van der Waals surface area contributed by atoms with E-state index in [1.54, 1.807) is 0 Å². The SMILES string of the molecule is CN(C)CCCN(C)c1ccc(/C=C/c2c#c[n+](CCSCc3ccccc3)cc2)cc1. The summed E-state index contributed by atoms with van der Waals surface area (Å²) in [7, 11) is 6.40. The lowest BCUT2D eigenvalue weighted by atomic mass is 10.1. The summed E-state index contributed by atoms with van der Waals surface area (Å²) in [6.07, 6.45) is 10.7. The summed E-state index contributed by atoms with van der Waals surface area (Å²) in [4.78, 5) is 4.54. The third-order valence-electron chi connectivity index (χ3n) is 5.25. The number of hydrogen-bond acceptors (Lipinski definition) is 3. The highest BCUT2D eigenvalue weighted by Crippen LogP contribution is 2.16. The fraction of sp³-hybridized carbons (Fsp3) is 0.321. The van der Waals surface area contributed by atoms with Crippen LogP contribution in [0.15, 0.2) is 66.9 Å². The Bertz CT molecular complexity index is 935. The van der Waals surface area contributed by atoms with E-state index < -0.39 is 0 Å². The summed E-state index contributed by atoms with van der Waals surface area (Å²) in [5.41, 5.74) is 4.87.